The van der Waals surface area contributed by atoms with E-state index < -0.39 is 17.5 Å². The van der Waals surface area contributed by atoms with E-state index in [-0.39, 0.29) is 12.0 Å². The predicted octanol–water partition coefficient (Wildman–Crippen LogP) is 6.34. The Balaban J connectivity index is 2.01. The van der Waals surface area contributed by atoms with Crippen LogP contribution < -0.4 is 0 Å². The van der Waals surface area contributed by atoms with Crippen LogP contribution in [0.25, 0.3) is 0 Å². The Labute approximate surface area is 181 Å². The van der Waals surface area contributed by atoms with Gasteiger partial charge >= 0.3 is 0 Å². The molecule has 0 radical (unpaired) electrons. The molecule has 2 aromatic heterocycles. The molecule has 1 aromatic carbocycles. The molecule has 3 heterocycles. The van der Waals surface area contributed by atoms with Crippen molar-refractivity contribution in [3.05, 3.63) is 80.7 Å². The van der Waals surface area contributed by atoms with Crippen molar-refractivity contribution in [1.29, 1.82) is 0 Å². The molecule has 154 valence electrons. The lowest BCUT2D eigenvalue weighted by molar-refractivity contribution is -0.198. The van der Waals surface area contributed by atoms with E-state index in [1.165, 1.54) is 5.56 Å². The molecule has 0 amide bonds. The third-order valence-corrected chi connectivity index (χ3v) is 7.62. The number of thiophene rings is 2. The highest BCUT2D eigenvalue weighted by Crippen LogP contribution is 2.61. The number of hydrogen-bond acceptors (Lipinski definition) is 5. The zero-order valence-electron chi connectivity index (χ0n) is 17.4. The normalized spacial score (nSPS) is 28.8. The predicted molar refractivity (Wildman–Crippen MR) is 121 cm³/mol. The maximum atomic E-state index is 11.4. The Kier molecular flexibility index (Phi) is 5.70. The highest BCUT2D eigenvalue weighted by atomic mass is 32.1. The summed E-state index contributed by atoms with van der Waals surface area (Å²) in [7, 11) is 0. The van der Waals surface area contributed by atoms with Crippen molar-refractivity contribution in [2.45, 2.75) is 57.7 Å². The van der Waals surface area contributed by atoms with Gasteiger partial charge in [-0.2, -0.15) is 22.7 Å². The lowest BCUT2D eigenvalue weighted by Crippen LogP contribution is -2.57. The molecular formula is C24H29NO2S2. The highest BCUT2D eigenvalue weighted by Gasteiger charge is 2.64. The van der Waals surface area contributed by atoms with Gasteiger partial charge in [-0.3, -0.25) is 0 Å². The van der Waals surface area contributed by atoms with Crippen LogP contribution in [0, 0.1) is 5.92 Å². The van der Waals surface area contributed by atoms with Gasteiger partial charge in [-0.15, -0.1) is 0 Å². The van der Waals surface area contributed by atoms with Crippen LogP contribution in [-0.2, 0) is 16.0 Å². The van der Waals surface area contributed by atoms with Gasteiger partial charge in [0.05, 0.1) is 5.54 Å². The molecule has 1 fully saturated rings. The van der Waals surface area contributed by atoms with Gasteiger partial charge < -0.3 is 9.84 Å². The molecule has 4 atom stereocenters. The maximum Gasteiger partial charge on any atom is 0.154 e. The van der Waals surface area contributed by atoms with Crippen molar-refractivity contribution in [2.75, 3.05) is 0 Å². The third-order valence-electron chi connectivity index (χ3n) is 6.25. The number of aliphatic hydroxyl groups is 1. The fraction of sp³-hybridized carbons (Fsp3) is 0.417. The van der Waals surface area contributed by atoms with Gasteiger partial charge in [0.2, 0.25) is 0 Å². The van der Waals surface area contributed by atoms with Gasteiger partial charge in [-0.25, -0.2) is 4.90 Å². The second kappa shape index (κ2) is 7.97. The summed E-state index contributed by atoms with van der Waals surface area (Å²) in [5.41, 5.74) is 2.20. The molecule has 1 saturated heterocycles. The van der Waals surface area contributed by atoms with Crippen LogP contribution in [0.1, 0.15) is 56.9 Å². The summed E-state index contributed by atoms with van der Waals surface area (Å²) in [5.74, 6) is 0.143. The summed E-state index contributed by atoms with van der Waals surface area (Å²) in [5, 5.41) is 20.0. The molecular weight excluding hydrogens is 398 g/mol. The number of benzene rings is 1. The van der Waals surface area contributed by atoms with E-state index >= 15 is 0 Å². The first kappa shape index (κ1) is 20.8. The second-order valence-electron chi connectivity index (χ2n) is 8.19. The number of rotatable bonds is 6. The summed E-state index contributed by atoms with van der Waals surface area (Å²) < 4.78 is 7.09. The topological polar surface area (TPSA) is 32.7 Å². The molecule has 0 saturated carbocycles. The zero-order valence-corrected chi connectivity index (χ0v) is 19.0. The molecule has 1 aliphatic heterocycles. The van der Waals surface area contributed by atoms with Crippen molar-refractivity contribution < 1.29 is 9.84 Å². The Bertz CT molecular complexity index is 910. The molecule has 4 rings (SSSR count). The van der Waals surface area contributed by atoms with E-state index in [9.17, 15) is 5.11 Å². The van der Waals surface area contributed by atoms with Crippen molar-refractivity contribution >= 4 is 22.7 Å². The van der Waals surface area contributed by atoms with Crippen LogP contribution in [0.15, 0.2) is 64.0 Å². The van der Waals surface area contributed by atoms with Crippen molar-refractivity contribution in [3.63, 3.8) is 0 Å². The molecule has 5 heteroatoms. The number of ether oxygens (including phenoxy) is 1. The van der Waals surface area contributed by atoms with Gasteiger partial charge in [-0.1, -0.05) is 51.1 Å². The zero-order chi connectivity index (χ0) is 20.6. The smallest absolute Gasteiger partial charge is 0.154 e. The Morgan fingerprint density at radius 3 is 2.17 bits per heavy atom. The molecule has 0 bridgehead atoms. The van der Waals surface area contributed by atoms with E-state index in [1.807, 2.05) is 13.0 Å². The van der Waals surface area contributed by atoms with Crippen LogP contribution in [-0.4, -0.2) is 16.2 Å². The summed E-state index contributed by atoms with van der Waals surface area (Å²) >= 11 is 3.36. The van der Waals surface area contributed by atoms with E-state index in [0.29, 0.717) is 6.42 Å². The standard InChI is InChI=1S/C24H29NO2S2/c1-5-21(26)25-23(4,19-11-13-28-15-19)22(18-9-7-6-8-10-18)27-24(25,17(2)3)20-12-14-29-16-20/h6-17,21-22,26H,5H2,1-4H3. The second-order valence-corrected chi connectivity index (χ2v) is 9.75. The summed E-state index contributed by atoms with van der Waals surface area (Å²) in [6.45, 7) is 8.64. The quantitative estimate of drug-likeness (QED) is 0.498. The number of nitrogens with zero attached hydrogens (tertiary/aromatic N) is 1. The van der Waals surface area contributed by atoms with E-state index in [2.05, 4.69) is 83.6 Å². The van der Waals surface area contributed by atoms with Crippen LogP contribution in [0.3, 0.4) is 0 Å². The summed E-state index contributed by atoms with van der Waals surface area (Å²) in [4.78, 5) is 2.24. The highest BCUT2D eigenvalue weighted by molar-refractivity contribution is 7.08. The average Bonchev–Trinajstić information content (AvgIpc) is 3.48. The first-order chi connectivity index (χ1) is 14.0. The monoisotopic (exact) mass is 427 g/mol. The first-order valence-electron chi connectivity index (χ1n) is 10.2. The molecule has 1 N–H and O–H groups in total. The van der Waals surface area contributed by atoms with Crippen molar-refractivity contribution in [2.24, 2.45) is 5.92 Å². The number of aliphatic hydroxyl groups excluding tert-OH is 1. The van der Waals surface area contributed by atoms with E-state index in [0.717, 1.165) is 11.1 Å². The SMILES string of the molecule is CCC(O)N1C(C)(c2ccsc2)C(c2ccccc2)OC1(c1ccsc1)C(C)C. The van der Waals surface area contributed by atoms with Gasteiger partial charge in [0.1, 0.15) is 12.3 Å². The first-order valence-corrected chi connectivity index (χ1v) is 12.1. The average molecular weight is 428 g/mol. The fourth-order valence-electron chi connectivity index (χ4n) is 4.82. The van der Waals surface area contributed by atoms with Crippen LogP contribution >= 0.6 is 22.7 Å². The van der Waals surface area contributed by atoms with Crippen LogP contribution in [0.5, 0.6) is 0 Å². The minimum atomic E-state index is -0.716. The molecule has 0 aliphatic carbocycles. The van der Waals surface area contributed by atoms with Crippen LogP contribution in [0.2, 0.25) is 0 Å². The minimum Gasteiger partial charge on any atom is -0.378 e. The fourth-order valence-corrected chi connectivity index (χ4v) is 6.29. The molecule has 3 nitrogen and oxygen atoms in total. The Morgan fingerprint density at radius 1 is 1.03 bits per heavy atom. The number of hydrogen-bond donors (Lipinski definition) is 1. The molecule has 3 aromatic rings. The van der Waals surface area contributed by atoms with Gasteiger partial charge in [0, 0.05) is 11.5 Å². The maximum absolute atomic E-state index is 11.4. The molecule has 4 unspecified atom stereocenters. The minimum absolute atomic E-state index is 0.143. The van der Waals surface area contributed by atoms with E-state index in [1.54, 1.807) is 22.7 Å². The van der Waals surface area contributed by atoms with Gasteiger partial charge in [-0.05, 0) is 58.1 Å². The summed E-state index contributed by atoms with van der Waals surface area (Å²) in [6.07, 6.45) is -0.207. The molecule has 29 heavy (non-hydrogen) atoms. The van der Waals surface area contributed by atoms with Gasteiger partial charge in [0.25, 0.3) is 0 Å². The Morgan fingerprint density at radius 2 is 1.66 bits per heavy atom. The lowest BCUT2D eigenvalue weighted by atomic mass is 9.81. The Hall–Kier alpha value is -1.50. The molecule has 0 spiro atoms. The van der Waals surface area contributed by atoms with E-state index in [4.69, 9.17) is 4.74 Å². The third kappa shape index (κ3) is 3.11. The largest absolute Gasteiger partial charge is 0.378 e. The summed E-state index contributed by atoms with van der Waals surface area (Å²) in [6, 6.07) is 14.7. The lowest BCUT2D eigenvalue weighted by Gasteiger charge is -2.48. The van der Waals surface area contributed by atoms with Crippen molar-refractivity contribution in [3.8, 4) is 0 Å². The van der Waals surface area contributed by atoms with Gasteiger partial charge in [0.15, 0.2) is 5.72 Å². The van der Waals surface area contributed by atoms with Crippen LogP contribution in [0.4, 0.5) is 0 Å². The molecule has 1 aliphatic rings. The van der Waals surface area contributed by atoms with Crippen molar-refractivity contribution in [1.82, 2.24) is 4.90 Å².